The number of rotatable bonds is 6. The van der Waals surface area contributed by atoms with Gasteiger partial charge in [-0.3, -0.25) is 4.31 Å². The molecule has 3 rings (SSSR count). The summed E-state index contributed by atoms with van der Waals surface area (Å²) in [5, 5.41) is 0.806. The first-order chi connectivity index (χ1) is 13.4. The van der Waals surface area contributed by atoms with E-state index >= 15 is 0 Å². The Kier molecular flexibility index (Phi) is 5.99. The predicted molar refractivity (Wildman–Crippen MR) is 108 cm³/mol. The Morgan fingerprint density at radius 1 is 1.29 bits per heavy atom. The van der Waals surface area contributed by atoms with Gasteiger partial charge in [-0.05, 0) is 31.7 Å². The van der Waals surface area contributed by atoms with E-state index in [1.807, 2.05) is 23.8 Å². The van der Waals surface area contributed by atoms with Crippen LogP contribution in [0.2, 0.25) is 0 Å². The lowest BCUT2D eigenvalue weighted by molar-refractivity contribution is 0.177. The van der Waals surface area contributed by atoms with Crippen molar-refractivity contribution in [1.82, 2.24) is 9.62 Å². The second kappa shape index (κ2) is 8.27. The van der Waals surface area contributed by atoms with E-state index < -0.39 is 16.3 Å². The van der Waals surface area contributed by atoms with Crippen LogP contribution in [0.25, 0.3) is 11.0 Å². The molecule has 0 saturated carbocycles. The number of piperazine rings is 1. The lowest BCUT2D eigenvalue weighted by atomic mass is 10.1. The minimum absolute atomic E-state index is 0.220. The molecule has 2 heterocycles. The van der Waals surface area contributed by atoms with Gasteiger partial charge in [0, 0.05) is 38.1 Å². The number of benzene rings is 1. The zero-order chi connectivity index (χ0) is 20.3. The third kappa shape index (κ3) is 4.17. The summed E-state index contributed by atoms with van der Waals surface area (Å²) in [5.41, 5.74) is 2.05. The van der Waals surface area contributed by atoms with Crippen molar-refractivity contribution in [2.24, 2.45) is 0 Å². The summed E-state index contributed by atoms with van der Waals surface area (Å²) in [6, 6.07) is 5.37. The molecule has 0 radical (unpaired) electrons. The number of hydrogen-bond donors (Lipinski definition) is 1. The molecule has 0 unspecified atom stereocenters. The maximum absolute atomic E-state index is 12.8. The first-order valence-corrected chi connectivity index (χ1v) is 10.6. The van der Waals surface area contributed by atoms with Crippen molar-refractivity contribution >= 4 is 38.6 Å². The van der Waals surface area contributed by atoms with Gasteiger partial charge in [0.2, 0.25) is 0 Å². The Morgan fingerprint density at radius 2 is 2.00 bits per heavy atom. The number of ether oxygens (including phenoxy) is 1. The number of carbonyl (C=O) groups is 1. The lowest BCUT2D eigenvalue weighted by Crippen LogP contribution is -2.45. The van der Waals surface area contributed by atoms with Crippen molar-refractivity contribution in [2.75, 3.05) is 56.1 Å². The van der Waals surface area contributed by atoms with Gasteiger partial charge in [0.05, 0.1) is 24.7 Å². The smallest absolute Gasteiger partial charge is 0.422 e. The van der Waals surface area contributed by atoms with Crippen LogP contribution in [-0.4, -0.2) is 66.3 Å². The average Bonchev–Trinajstić information content (AvgIpc) is 3.14. The van der Waals surface area contributed by atoms with Gasteiger partial charge in [0.25, 0.3) is 0 Å². The number of anilines is 2. The van der Waals surface area contributed by atoms with E-state index in [0.29, 0.717) is 12.1 Å². The van der Waals surface area contributed by atoms with Gasteiger partial charge in [0.1, 0.15) is 0 Å². The van der Waals surface area contributed by atoms with Gasteiger partial charge < -0.3 is 19.0 Å². The first kappa shape index (κ1) is 20.3. The van der Waals surface area contributed by atoms with Crippen LogP contribution in [0.1, 0.15) is 13.3 Å². The van der Waals surface area contributed by atoms with Crippen molar-refractivity contribution in [1.29, 1.82) is 0 Å². The van der Waals surface area contributed by atoms with Crippen molar-refractivity contribution < 1.29 is 22.4 Å². The summed E-state index contributed by atoms with van der Waals surface area (Å²) in [6.07, 6.45) is 1.15. The normalized spacial score (nSPS) is 15.6. The predicted octanol–water partition coefficient (Wildman–Crippen LogP) is 2.00. The second-order valence-corrected chi connectivity index (χ2v) is 8.36. The van der Waals surface area contributed by atoms with E-state index in [1.54, 1.807) is 12.3 Å². The first-order valence-electron chi connectivity index (χ1n) is 9.19. The minimum atomic E-state index is -4.11. The number of methoxy groups -OCH3 is 1. The molecule has 28 heavy (non-hydrogen) atoms. The molecule has 1 fully saturated rings. The molecule has 0 spiro atoms. The van der Waals surface area contributed by atoms with Gasteiger partial charge in [-0.1, -0.05) is 6.92 Å². The Morgan fingerprint density at radius 3 is 2.64 bits per heavy atom. The Bertz CT molecular complexity index is 935. The van der Waals surface area contributed by atoms with Crippen LogP contribution in [0.5, 0.6) is 0 Å². The SMILES string of the molecule is CCCN(c1cc(N2CCN(C)CC2)c2occc2c1)S(=O)(=O)NC(=O)OC. The zero-order valence-corrected chi connectivity index (χ0v) is 17.2. The van der Waals surface area contributed by atoms with Crippen LogP contribution < -0.4 is 13.9 Å². The van der Waals surface area contributed by atoms with Gasteiger partial charge in [-0.2, -0.15) is 8.42 Å². The number of nitrogens with zero attached hydrogens (tertiary/aromatic N) is 3. The molecular formula is C18H26N4O5S. The van der Waals surface area contributed by atoms with Crippen LogP contribution in [0.3, 0.4) is 0 Å². The molecule has 1 N–H and O–H groups in total. The van der Waals surface area contributed by atoms with Crippen LogP contribution in [0.15, 0.2) is 28.9 Å². The number of carbonyl (C=O) groups excluding carboxylic acids is 1. The number of furan rings is 1. The highest BCUT2D eigenvalue weighted by atomic mass is 32.2. The molecule has 1 aliphatic rings. The highest BCUT2D eigenvalue weighted by molar-refractivity contribution is 7.91. The van der Waals surface area contributed by atoms with Crippen molar-refractivity contribution in [3.05, 3.63) is 24.5 Å². The highest BCUT2D eigenvalue weighted by Gasteiger charge is 2.27. The quantitative estimate of drug-likeness (QED) is 0.778. The Hall–Kier alpha value is -2.46. The summed E-state index contributed by atoms with van der Waals surface area (Å²) in [5.74, 6) is 0. The lowest BCUT2D eigenvalue weighted by Gasteiger charge is -2.34. The van der Waals surface area contributed by atoms with Gasteiger partial charge >= 0.3 is 16.3 Å². The van der Waals surface area contributed by atoms with E-state index in [-0.39, 0.29) is 6.54 Å². The molecule has 0 atom stereocenters. The molecule has 154 valence electrons. The third-order valence-electron chi connectivity index (χ3n) is 4.76. The zero-order valence-electron chi connectivity index (χ0n) is 16.3. The topological polar surface area (TPSA) is 95.3 Å². The average molecular weight is 410 g/mol. The summed E-state index contributed by atoms with van der Waals surface area (Å²) >= 11 is 0. The van der Waals surface area contributed by atoms with E-state index in [0.717, 1.165) is 49.9 Å². The third-order valence-corrected chi connectivity index (χ3v) is 6.16. The largest absolute Gasteiger partial charge is 0.462 e. The molecule has 0 bridgehead atoms. The van der Waals surface area contributed by atoms with E-state index in [9.17, 15) is 13.2 Å². The van der Waals surface area contributed by atoms with Crippen LogP contribution in [0, 0.1) is 0 Å². The molecule has 1 amide bonds. The van der Waals surface area contributed by atoms with Crippen LogP contribution in [-0.2, 0) is 14.9 Å². The molecule has 1 aliphatic heterocycles. The molecule has 0 aliphatic carbocycles. The van der Waals surface area contributed by atoms with Gasteiger partial charge in [-0.15, -0.1) is 0 Å². The Balaban J connectivity index is 2.04. The van der Waals surface area contributed by atoms with Crippen LogP contribution in [0.4, 0.5) is 16.2 Å². The fourth-order valence-electron chi connectivity index (χ4n) is 3.27. The number of amides is 1. The minimum Gasteiger partial charge on any atom is -0.462 e. The Labute approximate surface area is 165 Å². The van der Waals surface area contributed by atoms with Crippen molar-refractivity contribution in [2.45, 2.75) is 13.3 Å². The van der Waals surface area contributed by atoms with Crippen molar-refractivity contribution in [3.8, 4) is 0 Å². The molecule has 1 saturated heterocycles. The fraction of sp³-hybridized carbons (Fsp3) is 0.500. The van der Waals surface area contributed by atoms with E-state index in [1.165, 1.54) is 4.31 Å². The standard InChI is InChI=1S/C18H26N4O5S/c1-4-6-22(28(24,25)19-18(23)26-3)15-12-14-5-11-27-17(14)16(13-15)21-9-7-20(2)8-10-21/h5,11-13H,4,6-10H2,1-3H3,(H,19,23). The number of hydrogen-bond acceptors (Lipinski definition) is 7. The molecule has 2 aromatic rings. The van der Waals surface area contributed by atoms with Crippen molar-refractivity contribution in [3.63, 3.8) is 0 Å². The fourth-order valence-corrected chi connectivity index (χ4v) is 4.48. The highest BCUT2D eigenvalue weighted by Crippen LogP contribution is 2.34. The summed E-state index contributed by atoms with van der Waals surface area (Å²) in [7, 11) is -0.909. The molecule has 1 aromatic heterocycles. The summed E-state index contributed by atoms with van der Waals surface area (Å²) in [4.78, 5) is 16.0. The van der Waals surface area contributed by atoms with E-state index in [4.69, 9.17) is 4.42 Å². The van der Waals surface area contributed by atoms with Crippen LogP contribution >= 0.6 is 0 Å². The molecule has 10 heteroatoms. The summed E-state index contributed by atoms with van der Waals surface area (Å²) in [6.45, 7) is 5.55. The van der Waals surface area contributed by atoms with E-state index in [2.05, 4.69) is 21.6 Å². The summed E-state index contributed by atoms with van der Waals surface area (Å²) < 4.78 is 38.8. The maximum atomic E-state index is 12.8. The number of nitrogens with one attached hydrogen (secondary N) is 1. The second-order valence-electron chi connectivity index (χ2n) is 6.76. The van der Waals surface area contributed by atoms with Gasteiger partial charge in [0.15, 0.2) is 5.58 Å². The maximum Gasteiger partial charge on any atom is 0.422 e. The molecular weight excluding hydrogens is 384 g/mol. The molecule has 1 aromatic carbocycles. The number of fused-ring (bicyclic) bond motifs is 1. The number of likely N-dealkylation sites (N-methyl/N-ethyl adjacent to an activating group) is 1. The molecule has 9 nitrogen and oxygen atoms in total. The monoisotopic (exact) mass is 410 g/mol. The van der Waals surface area contributed by atoms with Gasteiger partial charge in [-0.25, -0.2) is 9.52 Å².